The van der Waals surface area contributed by atoms with E-state index in [1.807, 2.05) is 25.1 Å². The number of nitrogens with one attached hydrogen (secondary N) is 2. The topological polar surface area (TPSA) is 64.1 Å². The normalized spacial score (nSPS) is 12.2. The molecule has 1 rings (SSSR count). The van der Waals surface area contributed by atoms with E-state index < -0.39 is 0 Å². The van der Waals surface area contributed by atoms with Gasteiger partial charge in [-0.05, 0) is 51.3 Å². The largest absolute Gasteiger partial charge is 0.489 e. The Morgan fingerprint density at radius 1 is 1.15 bits per heavy atom. The number of nitrogens with zero attached hydrogens (tertiary/aromatic N) is 1. The summed E-state index contributed by atoms with van der Waals surface area (Å²) >= 11 is 0. The summed E-state index contributed by atoms with van der Waals surface area (Å²) in [6.07, 6.45) is 2.07. The van der Waals surface area contributed by atoms with Gasteiger partial charge >= 0.3 is 0 Å². The lowest BCUT2D eigenvalue weighted by Crippen LogP contribution is -2.38. The van der Waals surface area contributed by atoms with Crippen LogP contribution < -0.4 is 15.4 Å². The van der Waals surface area contributed by atoms with Crippen molar-refractivity contribution < 1.29 is 14.2 Å². The molecule has 7 heteroatoms. The minimum atomic E-state index is 0. The molecule has 0 radical (unpaired) electrons. The van der Waals surface area contributed by atoms with Gasteiger partial charge < -0.3 is 24.8 Å². The van der Waals surface area contributed by atoms with Crippen LogP contribution in [0.3, 0.4) is 0 Å². The zero-order valence-electron chi connectivity index (χ0n) is 17.1. The standard InChI is InChI=1S/C20H35N3O3.HI/c1-5-21-20(22-11-6-7-12-25-14-13-24-4)23-16-18(3)26-19-10-8-9-17(2)15-19;/h8-10,15,18H,5-7,11-14,16H2,1-4H3,(H2,21,22,23);1H. The first kappa shape index (κ1) is 25.9. The Balaban J connectivity index is 0.00000676. The fourth-order valence-electron chi connectivity index (χ4n) is 2.30. The van der Waals surface area contributed by atoms with Crippen LogP contribution in [0.1, 0.15) is 32.3 Å². The molecular formula is C20H36IN3O3. The molecule has 0 aliphatic carbocycles. The maximum absolute atomic E-state index is 5.92. The van der Waals surface area contributed by atoms with Crippen molar-refractivity contribution in [3.8, 4) is 5.75 Å². The van der Waals surface area contributed by atoms with Gasteiger partial charge in [0.25, 0.3) is 0 Å². The Kier molecular flexibility index (Phi) is 16.4. The molecule has 0 fully saturated rings. The zero-order chi connectivity index (χ0) is 19.0. The number of ether oxygens (including phenoxy) is 3. The Labute approximate surface area is 181 Å². The van der Waals surface area contributed by atoms with Crippen LogP contribution in [-0.2, 0) is 9.47 Å². The summed E-state index contributed by atoms with van der Waals surface area (Å²) in [5.41, 5.74) is 1.19. The van der Waals surface area contributed by atoms with Gasteiger partial charge in [-0.25, -0.2) is 4.99 Å². The average molecular weight is 493 g/mol. The van der Waals surface area contributed by atoms with Crippen molar-refractivity contribution in [2.24, 2.45) is 4.99 Å². The van der Waals surface area contributed by atoms with Crippen LogP contribution in [0.5, 0.6) is 5.75 Å². The van der Waals surface area contributed by atoms with Gasteiger partial charge in [0.2, 0.25) is 0 Å². The molecule has 156 valence electrons. The van der Waals surface area contributed by atoms with Crippen LogP contribution in [-0.4, -0.2) is 58.6 Å². The highest BCUT2D eigenvalue weighted by Crippen LogP contribution is 2.14. The Morgan fingerprint density at radius 3 is 2.67 bits per heavy atom. The summed E-state index contributed by atoms with van der Waals surface area (Å²) < 4.78 is 16.3. The van der Waals surface area contributed by atoms with Crippen molar-refractivity contribution >= 4 is 29.9 Å². The molecule has 0 spiro atoms. The van der Waals surface area contributed by atoms with Crippen molar-refractivity contribution in [1.29, 1.82) is 0 Å². The lowest BCUT2D eigenvalue weighted by Gasteiger charge is -2.15. The van der Waals surface area contributed by atoms with Gasteiger partial charge in [0.05, 0.1) is 19.8 Å². The second kappa shape index (κ2) is 17.1. The number of guanidine groups is 1. The molecule has 0 amide bonds. The predicted molar refractivity (Wildman–Crippen MR) is 123 cm³/mol. The first-order valence-electron chi connectivity index (χ1n) is 9.48. The van der Waals surface area contributed by atoms with Crippen LogP contribution in [0.4, 0.5) is 0 Å². The van der Waals surface area contributed by atoms with Gasteiger partial charge in [0.1, 0.15) is 11.9 Å². The summed E-state index contributed by atoms with van der Waals surface area (Å²) in [4.78, 5) is 4.61. The summed E-state index contributed by atoms with van der Waals surface area (Å²) in [6.45, 7) is 10.5. The molecule has 27 heavy (non-hydrogen) atoms. The number of aryl methyl sites for hydroxylation is 1. The number of hydrogen-bond donors (Lipinski definition) is 2. The van der Waals surface area contributed by atoms with E-state index in [4.69, 9.17) is 14.2 Å². The Morgan fingerprint density at radius 2 is 1.96 bits per heavy atom. The zero-order valence-corrected chi connectivity index (χ0v) is 19.5. The molecule has 0 aliphatic rings. The summed E-state index contributed by atoms with van der Waals surface area (Å²) in [6, 6.07) is 8.08. The van der Waals surface area contributed by atoms with E-state index in [2.05, 4.69) is 35.5 Å². The van der Waals surface area contributed by atoms with E-state index in [1.54, 1.807) is 7.11 Å². The van der Waals surface area contributed by atoms with Gasteiger partial charge in [-0.15, -0.1) is 24.0 Å². The SMILES string of the molecule is CCNC(=NCC(C)Oc1cccc(C)c1)NCCCCOCCOC.I. The number of hydrogen-bond acceptors (Lipinski definition) is 4. The second-order valence-corrected chi connectivity index (χ2v) is 6.20. The lowest BCUT2D eigenvalue weighted by molar-refractivity contribution is 0.0689. The fraction of sp³-hybridized carbons (Fsp3) is 0.650. The van der Waals surface area contributed by atoms with E-state index in [-0.39, 0.29) is 30.1 Å². The Hall–Kier alpha value is -1.06. The monoisotopic (exact) mass is 493 g/mol. The average Bonchev–Trinajstić information content (AvgIpc) is 2.62. The number of aliphatic imine (C=N–C) groups is 1. The molecular weight excluding hydrogens is 457 g/mol. The molecule has 6 nitrogen and oxygen atoms in total. The highest BCUT2D eigenvalue weighted by atomic mass is 127. The summed E-state index contributed by atoms with van der Waals surface area (Å²) in [5.74, 6) is 1.71. The van der Waals surface area contributed by atoms with Crippen molar-refractivity contribution in [1.82, 2.24) is 10.6 Å². The molecule has 1 aromatic rings. The first-order valence-corrected chi connectivity index (χ1v) is 9.48. The van der Waals surface area contributed by atoms with Crippen LogP contribution in [0.25, 0.3) is 0 Å². The molecule has 0 saturated heterocycles. The molecule has 0 saturated carbocycles. The third kappa shape index (κ3) is 13.7. The van der Waals surface area contributed by atoms with Crippen LogP contribution in [0, 0.1) is 6.92 Å². The molecule has 0 aromatic heterocycles. The summed E-state index contributed by atoms with van der Waals surface area (Å²) in [7, 11) is 1.68. The molecule has 2 N–H and O–H groups in total. The smallest absolute Gasteiger partial charge is 0.191 e. The molecule has 1 aromatic carbocycles. The van der Waals surface area contributed by atoms with Crippen LogP contribution >= 0.6 is 24.0 Å². The van der Waals surface area contributed by atoms with Crippen molar-refractivity contribution in [2.75, 3.05) is 46.6 Å². The molecule has 0 aliphatic heterocycles. The Bertz CT molecular complexity index is 515. The van der Waals surface area contributed by atoms with Gasteiger partial charge in [0.15, 0.2) is 5.96 Å². The van der Waals surface area contributed by atoms with Crippen LogP contribution in [0.2, 0.25) is 0 Å². The van der Waals surface area contributed by atoms with Gasteiger partial charge in [-0.3, -0.25) is 0 Å². The minimum Gasteiger partial charge on any atom is -0.489 e. The highest BCUT2D eigenvalue weighted by Gasteiger charge is 2.05. The van der Waals surface area contributed by atoms with Gasteiger partial charge in [0, 0.05) is 26.8 Å². The van der Waals surface area contributed by atoms with E-state index in [0.29, 0.717) is 19.8 Å². The first-order chi connectivity index (χ1) is 12.7. The number of unbranched alkanes of at least 4 members (excludes halogenated alkanes) is 1. The van der Waals surface area contributed by atoms with Crippen molar-refractivity contribution in [3.05, 3.63) is 29.8 Å². The molecule has 0 heterocycles. The summed E-state index contributed by atoms with van der Waals surface area (Å²) in [5, 5.41) is 6.62. The van der Waals surface area contributed by atoms with E-state index in [0.717, 1.165) is 44.2 Å². The van der Waals surface area contributed by atoms with E-state index >= 15 is 0 Å². The third-order valence-corrected chi connectivity index (χ3v) is 3.62. The van der Waals surface area contributed by atoms with Crippen molar-refractivity contribution in [2.45, 2.75) is 39.7 Å². The third-order valence-electron chi connectivity index (χ3n) is 3.62. The molecule has 1 unspecified atom stereocenters. The van der Waals surface area contributed by atoms with E-state index in [9.17, 15) is 0 Å². The quantitative estimate of drug-likeness (QED) is 0.191. The van der Waals surface area contributed by atoms with Gasteiger partial charge in [-0.2, -0.15) is 0 Å². The maximum atomic E-state index is 5.92. The lowest BCUT2D eigenvalue weighted by atomic mass is 10.2. The second-order valence-electron chi connectivity index (χ2n) is 6.20. The van der Waals surface area contributed by atoms with Crippen LogP contribution in [0.15, 0.2) is 29.3 Å². The minimum absolute atomic E-state index is 0. The molecule has 1 atom stereocenters. The van der Waals surface area contributed by atoms with E-state index in [1.165, 1.54) is 5.56 Å². The number of rotatable bonds is 13. The maximum Gasteiger partial charge on any atom is 0.191 e. The van der Waals surface area contributed by atoms with Gasteiger partial charge in [-0.1, -0.05) is 12.1 Å². The highest BCUT2D eigenvalue weighted by molar-refractivity contribution is 14.0. The fourth-order valence-corrected chi connectivity index (χ4v) is 2.30. The predicted octanol–water partition coefficient (Wildman–Crippen LogP) is 3.38. The number of benzene rings is 1. The number of halogens is 1. The number of methoxy groups -OCH3 is 1. The molecule has 0 bridgehead atoms. The van der Waals surface area contributed by atoms with Crippen molar-refractivity contribution in [3.63, 3.8) is 0 Å².